The highest BCUT2D eigenvalue weighted by atomic mass is 19.1. The molecule has 2 fully saturated rings. The minimum Gasteiger partial charge on any atom is -0.545 e. The molecule has 0 atom stereocenters. The Balaban J connectivity index is 0.765. The Labute approximate surface area is 436 Å². The third kappa shape index (κ3) is 11.5. The minimum atomic E-state index is -1.43. The number of carboxylic acids is 1. The zero-order valence-corrected chi connectivity index (χ0v) is 42.9. The highest BCUT2D eigenvalue weighted by Crippen LogP contribution is 2.43. The van der Waals surface area contributed by atoms with Crippen LogP contribution in [0.25, 0.3) is 33.4 Å². The van der Waals surface area contributed by atoms with Gasteiger partial charge in [-0.25, -0.2) is 8.97 Å². The van der Waals surface area contributed by atoms with E-state index in [0.717, 1.165) is 41.9 Å². The maximum atomic E-state index is 14.4. The number of nitrogens with zero attached hydrogens (tertiary/aromatic N) is 5. The smallest absolute Gasteiger partial charge is 0.251 e. The molecule has 0 bridgehead atoms. The number of para-hydroxylation sites is 1. The molecule has 5 aromatic carbocycles. The van der Waals surface area contributed by atoms with Gasteiger partial charge in [-0.3, -0.25) is 19.2 Å². The molecule has 1 spiro atoms. The third-order valence-electron chi connectivity index (χ3n) is 14.6. The number of anilines is 3. The van der Waals surface area contributed by atoms with Gasteiger partial charge in [0.05, 0.1) is 18.7 Å². The average molecular weight is 1010 g/mol. The molecular weight excluding hydrogens is 950 g/mol. The van der Waals surface area contributed by atoms with Crippen LogP contribution in [0.5, 0.6) is 0 Å². The van der Waals surface area contributed by atoms with Gasteiger partial charge in [-0.15, -0.1) is 0 Å². The van der Waals surface area contributed by atoms with Gasteiger partial charge in [0.25, 0.3) is 5.91 Å². The molecule has 3 amide bonds. The predicted octanol–water partition coefficient (Wildman–Crippen LogP) is 7.30. The molecule has 3 aliphatic heterocycles. The number of hydrogen-bond donors (Lipinski definition) is 2. The number of rotatable bonds is 18. The van der Waals surface area contributed by atoms with Crippen molar-refractivity contribution in [3.63, 3.8) is 0 Å². The lowest BCUT2D eigenvalue weighted by atomic mass is 9.85. The number of hydrogen-bond acceptors (Lipinski definition) is 10. The first-order valence-electron chi connectivity index (χ1n) is 25.5. The zero-order valence-electron chi connectivity index (χ0n) is 42.9. The highest BCUT2D eigenvalue weighted by molar-refractivity contribution is 6.09. The monoisotopic (exact) mass is 1010 g/mol. The fourth-order valence-electron chi connectivity index (χ4n) is 10.3. The molecule has 386 valence electrons. The standard InChI is InChI=1S/C60H62FN7O7/c1-64(2)46-23-26-49-53(37-46)75-54-38-47(65(3)4)24-27-50(54)56(49)48-25-18-42(36-51(48)58(72)73)57(71)62-31-8-13-55(70)63-44-21-14-40(15-22-44)28-33-67-39-68(45-10-6-5-7-11-45)60(59(67)74)29-34-66(35-30-60)32-9-12-52(69)41-16-19-43(61)20-17-41/h5-7,10-11,14-27,36-38H,8-9,12-13,28-35,39H2,1-4H3,(H2-,62,63,70,71,72,73). The van der Waals surface area contributed by atoms with Crippen LogP contribution in [0.4, 0.5) is 21.5 Å². The van der Waals surface area contributed by atoms with Crippen LogP contribution >= 0.6 is 0 Å². The van der Waals surface area contributed by atoms with E-state index in [4.69, 9.17) is 4.42 Å². The van der Waals surface area contributed by atoms with Crippen LogP contribution in [-0.2, 0) is 16.0 Å². The molecule has 75 heavy (non-hydrogen) atoms. The summed E-state index contributed by atoms with van der Waals surface area (Å²) in [6.07, 6.45) is 3.52. The number of likely N-dealkylation sites (tertiary alicyclic amines) is 1. The topological polar surface area (TPSA) is 162 Å². The summed E-state index contributed by atoms with van der Waals surface area (Å²) < 4.78 is 21.7. The Hall–Kier alpha value is -8.17. The van der Waals surface area contributed by atoms with E-state index in [2.05, 4.69) is 32.6 Å². The van der Waals surface area contributed by atoms with E-state index in [9.17, 15) is 33.5 Å². The Morgan fingerprint density at radius 2 is 1.51 bits per heavy atom. The van der Waals surface area contributed by atoms with Crippen LogP contribution in [0, 0.1) is 5.82 Å². The van der Waals surface area contributed by atoms with Crippen molar-refractivity contribution in [2.24, 2.45) is 0 Å². The summed E-state index contributed by atoms with van der Waals surface area (Å²) in [4.78, 5) is 74.7. The Kier molecular flexibility index (Phi) is 15.5. The summed E-state index contributed by atoms with van der Waals surface area (Å²) in [5.74, 6) is -1.79. The van der Waals surface area contributed by atoms with E-state index < -0.39 is 17.4 Å². The SMILES string of the molecule is CN(C)c1ccc2c(-c3ccc(C(=O)NCCCC(=O)Nc4ccc(CCN5CN(c6ccccc6)C6(CCN(CCCC(=O)c7ccc(F)cc7)CC6)C5=O)cc4)cc3C(=O)[O-])c3ccc(=[N+](C)C)cc-3oc2c1. The Bertz CT molecular complexity index is 3290. The largest absolute Gasteiger partial charge is 0.545 e. The molecule has 9 rings (SSSR count). The first-order chi connectivity index (χ1) is 36.2. The summed E-state index contributed by atoms with van der Waals surface area (Å²) >= 11 is 0. The number of nitrogens with one attached hydrogen (secondary N) is 2. The van der Waals surface area contributed by atoms with Crippen LogP contribution in [0.3, 0.4) is 0 Å². The molecule has 3 heterocycles. The van der Waals surface area contributed by atoms with Crippen molar-refractivity contribution >= 4 is 57.5 Å². The van der Waals surface area contributed by atoms with Gasteiger partial charge < -0.3 is 44.6 Å². The second-order valence-corrected chi connectivity index (χ2v) is 19.9. The lowest BCUT2D eigenvalue weighted by Crippen LogP contribution is -2.56. The number of piperidine rings is 1. The number of amides is 3. The van der Waals surface area contributed by atoms with E-state index in [1.165, 1.54) is 30.3 Å². The van der Waals surface area contributed by atoms with Crippen LogP contribution in [0.1, 0.15) is 75.2 Å². The van der Waals surface area contributed by atoms with E-state index >= 15 is 0 Å². The van der Waals surface area contributed by atoms with Crippen molar-refractivity contribution in [3.05, 3.63) is 167 Å². The molecule has 14 nitrogen and oxygen atoms in total. The number of fused-ring (bicyclic) bond motifs is 2. The van der Waals surface area contributed by atoms with E-state index in [1.807, 2.05) is 121 Å². The van der Waals surface area contributed by atoms with Crippen molar-refractivity contribution < 1.29 is 37.9 Å². The number of carbonyl (C=O) groups is 5. The van der Waals surface area contributed by atoms with Gasteiger partial charge in [0.1, 0.15) is 36.8 Å². The summed E-state index contributed by atoms with van der Waals surface area (Å²) in [6.45, 7) is 3.41. The van der Waals surface area contributed by atoms with Crippen LogP contribution in [-0.4, -0.2) is 112 Å². The Morgan fingerprint density at radius 1 is 0.787 bits per heavy atom. The molecule has 0 radical (unpaired) electrons. The van der Waals surface area contributed by atoms with Gasteiger partial charge in [0, 0.05) is 116 Å². The van der Waals surface area contributed by atoms with Gasteiger partial charge in [-0.1, -0.05) is 36.4 Å². The number of ketones is 1. The Morgan fingerprint density at radius 3 is 2.21 bits per heavy atom. The summed E-state index contributed by atoms with van der Waals surface area (Å²) in [5.41, 5.74) is 5.75. The van der Waals surface area contributed by atoms with Crippen molar-refractivity contribution in [1.29, 1.82) is 0 Å². The van der Waals surface area contributed by atoms with Gasteiger partial charge >= 0.3 is 0 Å². The minimum absolute atomic E-state index is 0.00190. The quantitative estimate of drug-likeness (QED) is 0.0387. The van der Waals surface area contributed by atoms with Crippen LogP contribution in [0.2, 0.25) is 0 Å². The average Bonchev–Trinajstić information content (AvgIpc) is 3.72. The molecular formula is C60H62FN7O7. The van der Waals surface area contributed by atoms with Crippen LogP contribution in [0.15, 0.2) is 138 Å². The zero-order chi connectivity index (χ0) is 52.8. The van der Waals surface area contributed by atoms with Crippen molar-refractivity contribution in [3.8, 4) is 22.5 Å². The first kappa shape index (κ1) is 51.7. The van der Waals surface area contributed by atoms with Crippen molar-refractivity contribution in [2.45, 2.75) is 50.5 Å². The van der Waals surface area contributed by atoms with Gasteiger partial charge in [0.2, 0.25) is 17.2 Å². The highest BCUT2D eigenvalue weighted by Gasteiger charge is 2.53. The molecule has 4 aliphatic rings. The molecule has 1 aliphatic carbocycles. The third-order valence-corrected chi connectivity index (χ3v) is 14.6. The lowest BCUT2D eigenvalue weighted by molar-refractivity contribution is -0.255. The van der Waals surface area contributed by atoms with Crippen molar-refractivity contribution in [2.75, 3.05) is 82.7 Å². The second-order valence-electron chi connectivity index (χ2n) is 19.9. The van der Waals surface area contributed by atoms with Crippen molar-refractivity contribution in [1.82, 2.24) is 19.7 Å². The molecule has 2 saturated heterocycles. The molecule has 0 unspecified atom stereocenters. The van der Waals surface area contributed by atoms with E-state index in [-0.39, 0.29) is 47.5 Å². The molecule has 0 saturated carbocycles. The number of benzene rings is 6. The maximum absolute atomic E-state index is 14.4. The van der Waals surface area contributed by atoms with Gasteiger partial charge in [-0.05, 0) is 129 Å². The first-order valence-corrected chi connectivity index (χ1v) is 25.5. The van der Waals surface area contributed by atoms with Crippen LogP contribution < -0.4 is 35.5 Å². The molecule has 2 N–H and O–H groups in total. The fourth-order valence-corrected chi connectivity index (χ4v) is 10.3. The number of halogens is 1. The predicted molar refractivity (Wildman–Crippen MR) is 288 cm³/mol. The van der Waals surface area contributed by atoms with E-state index in [1.54, 1.807) is 12.1 Å². The normalized spacial score (nSPS) is 14.4. The number of carboxylic acid groups (broad SMARTS) is 1. The number of Topliss-reactive ketones (excluding diaryl/α,β-unsaturated/α-hetero) is 1. The number of carbonyl (C=O) groups excluding carboxylic acids is 5. The summed E-state index contributed by atoms with van der Waals surface area (Å²) in [6, 6.07) is 39.4. The van der Waals surface area contributed by atoms with Gasteiger partial charge in [-0.2, -0.15) is 0 Å². The number of aromatic carboxylic acids is 1. The lowest BCUT2D eigenvalue weighted by Gasteiger charge is -2.43. The summed E-state index contributed by atoms with van der Waals surface area (Å²) in [5, 5.41) is 20.1. The molecule has 15 heteroatoms. The second kappa shape index (κ2) is 22.5. The molecule has 5 aromatic rings. The van der Waals surface area contributed by atoms with E-state index in [0.29, 0.717) is 96.4 Å². The van der Waals surface area contributed by atoms with Gasteiger partial charge in [0.15, 0.2) is 5.78 Å². The fraction of sp³-hybridized carbons (Fsp3) is 0.300. The summed E-state index contributed by atoms with van der Waals surface area (Å²) in [7, 11) is 7.72. The molecule has 0 aromatic heterocycles. The maximum Gasteiger partial charge on any atom is 0.251 e.